The Morgan fingerprint density at radius 2 is 2.36 bits per heavy atom. The lowest BCUT2D eigenvalue weighted by Gasteiger charge is -2.16. The van der Waals surface area contributed by atoms with E-state index in [2.05, 4.69) is 30.5 Å². The number of nitrogens with zero attached hydrogens (tertiary/aromatic N) is 2. The molecular formula is C13H20BrN3O4S. The molecule has 1 N–H and O–H groups in total. The molecule has 1 aliphatic rings. The van der Waals surface area contributed by atoms with Gasteiger partial charge in [0.15, 0.2) is 0 Å². The topological polar surface area (TPSA) is 80.8 Å². The molecule has 0 aliphatic carbocycles. The maximum atomic E-state index is 10.8. The van der Waals surface area contributed by atoms with E-state index in [1.807, 2.05) is 0 Å². The summed E-state index contributed by atoms with van der Waals surface area (Å²) in [7, 11) is -1.01. The summed E-state index contributed by atoms with van der Waals surface area (Å²) in [5, 5.41) is 0. The van der Waals surface area contributed by atoms with E-state index >= 15 is 0 Å². The Balaban J connectivity index is 1.79. The van der Waals surface area contributed by atoms with Crippen LogP contribution in [0.15, 0.2) is 16.7 Å². The predicted octanol–water partition coefficient (Wildman–Crippen LogP) is 1.27. The number of hydrogen-bond acceptors (Lipinski definition) is 6. The summed E-state index contributed by atoms with van der Waals surface area (Å²) in [5.41, 5.74) is 0.339. The summed E-state index contributed by atoms with van der Waals surface area (Å²) in [6.07, 6.45) is 3.81. The van der Waals surface area contributed by atoms with E-state index in [1.165, 1.54) is 0 Å². The Morgan fingerprint density at radius 3 is 3.05 bits per heavy atom. The third-order valence-electron chi connectivity index (χ3n) is 3.45. The van der Waals surface area contributed by atoms with E-state index in [0.29, 0.717) is 28.8 Å². The number of thiol groups is 1. The number of rotatable bonds is 8. The predicted molar refractivity (Wildman–Crippen MR) is 87.8 cm³/mol. The first-order valence-corrected chi connectivity index (χ1v) is 9.00. The van der Waals surface area contributed by atoms with Crippen molar-refractivity contribution in [1.29, 1.82) is 0 Å². The van der Waals surface area contributed by atoms with Gasteiger partial charge in [-0.3, -0.25) is 4.72 Å². The molecule has 7 nitrogen and oxygen atoms in total. The van der Waals surface area contributed by atoms with Crippen LogP contribution in [0.5, 0.6) is 5.88 Å². The van der Waals surface area contributed by atoms with Crippen LogP contribution in [-0.4, -0.2) is 57.8 Å². The Labute approximate surface area is 140 Å². The second kappa shape index (κ2) is 8.66. The quantitative estimate of drug-likeness (QED) is 0.511. The zero-order chi connectivity index (χ0) is 15.9. The van der Waals surface area contributed by atoms with Crippen LogP contribution in [-0.2, 0) is 15.6 Å². The van der Waals surface area contributed by atoms with E-state index in [0.717, 1.165) is 32.5 Å². The molecule has 2 heterocycles. The van der Waals surface area contributed by atoms with Gasteiger partial charge in [-0.1, -0.05) is 0 Å². The molecule has 0 aromatic carbocycles. The van der Waals surface area contributed by atoms with Crippen LogP contribution in [0.4, 0.5) is 5.69 Å². The first-order chi connectivity index (χ1) is 10.6. The Kier molecular flexibility index (Phi) is 6.87. The van der Waals surface area contributed by atoms with Crippen LogP contribution >= 0.6 is 15.9 Å². The molecule has 0 bridgehead atoms. The molecule has 1 saturated heterocycles. The maximum absolute atomic E-state index is 10.8. The maximum Gasteiger partial charge on any atom is 0.238 e. The first kappa shape index (κ1) is 17.5. The van der Waals surface area contributed by atoms with Gasteiger partial charge in [-0.2, -0.15) is 0 Å². The number of aromatic nitrogens is 1. The van der Waals surface area contributed by atoms with Crippen molar-refractivity contribution in [3.05, 3.63) is 16.7 Å². The van der Waals surface area contributed by atoms with Crippen molar-refractivity contribution in [3.8, 4) is 5.88 Å². The van der Waals surface area contributed by atoms with Crippen LogP contribution in [0.25, 0.3) is 0 Å². The van der Waals surface area contributed by atoms with Crippen molar-refractivity contribution in [1.82, 2.24) is 9.88 Å². The summed E-state index contributed by atoms with van der Waals surface area (Å²) >= 11 is 3.25. The zero-order valence-corrected chi connectivity index (χ0v) is 14.8. The monoisotopic (exact) mass is 393 g/mol. The number of pyridine rings is 1. The molecule has 1 aromatic rings. The second-order valence-electron chi connectivity index (χ2n) is 5.02. The highest BCUT2D eigenvalue weighted by atomic mass is 79.9. The van der Waals surface area contributed by atoms with Gasteiger partial charge >= 0.3 is 0 Å². The Hall–Kier alpha value is -0.900. The molecule has 0 saturated carbocycles. The van der Waals surface area contributed by atoms with Gasteiger partial charge in [-0.15, -0.1) is 0 Å². The molecule has 0 spiro atoms. The lowest BCUT2D eigenvalue weighted by atomic mass is 10.3. The number of methoxy groups -OCH3 is 1. The fourth-order valence-electron chi connectivity index (χ4n) is 2.37. The minimum atomic E-state index is -2.75. The summed E-state index contributed by atoms with van der Waals surface area (Å²) in [6, 6.07) is 1.62. The first-order valence-electron chi connectivity index (χ1n) is 7.03. The van der Waals surface area contributed by atoms with E-state index in [1.54, 1.807) is 19.4 Å². The standard InChI is InChI=1S/C13H20BrN3O4S/c1-20-11-3-5-17(9-11)4-2-6-21-13-12(16-22(18)19)7-10(14)8-15-13/h7-8,11,22H,2-6,9H2,1H3,(H,16,18,19). The van der Waals surface area contributed by atoms with Gasteiger partial charge in [0.05, 0.1) is 12.7 Å². The van der Waals surface area contributed by atoms with Crippen molar-refractivity contribution in [2.24, 2.45) is 0 Å². The average Bonchev–Trinajstić information content (AvgIpc) is 2.93. The molecule has 9 heteroatoms. The van der Waals surface area contributed by atoms with Crippen molar-refractivity contribution >= 4 is 32.5 Å². The highest BCUT2D eigenvalue weighted by Crippen LogP contribution is 2.25. The van der Waals surface area contributed by atoms with Crippen molar-refractivity contribution in [2.45, 2.75) is 18.9 Å². The van der Waals surface area contributed by atoms with Gasteiger partial charge in [0.25, 0.3) is 0 Å². The Bertz CT molecular complexity index is 562. The van der Waals surface area contributed by atoms with Gasteiger partial charge < -0.3 is 14.4 Å². The SMILES string of the molecule is COC1CCN(CCCOc2ncc(Br)cc2N[SH](=O)=O)C1. The lowest BCUT2D eigenvalue weighted by molar-refractivity contribution is 0.107. The van der Waals surface area contributed by atoms with E-state index in [9.17, 15) is 8.42 Å². The number of anilines is 1. The molecule has 124 valence electrons. The minimum Gasteiger partial charge on any atom is -0.476 e. The van der Waals surface area contributed by atoms with Crippen molar-refractivity contribution in [2.75, 3.05) is 38.1 Å². The number of likely N-dealkylation sites (tertiary alicyclic amines) is 1. The van der Waals surface area contributed by atoms with Gasteiger partial charge in [0.2, 0.25) is 16.8 Å². The summed E-state index contributed by atoms with van der Waals surface area (Å²) < 4.78 is 35.5. The molecule has 1 atom stereocenters. The highest BCUT2D eigenvalue weighted by molar-refractivity contribution is 9.10. The zero-order valence-electron chi connectivity index (χ0n) is 12.3. The summed E-state index contributed by atoms with van der Waals surface area (Å²) in [4.78, 5) is 6.43. The largest absolute Gasteiger partial charge is 0.476 e. The molecule has 22 heavy (non-hydrogen) atoms. The summed E-state index contributed by atoms with van der Waals surface area (Å²) in [6.45, 7) is 3.40. The number of halogens is 1. The lowest BCUT2D eigenvalue weighted by Crippen LogP contribution is -2.25. The number of ether oxygens (including phenoxy) is 2. The molecule has 1 fully saturated rings. The van der Waals surface area contributed by atoms with Crippen LogP contribution in [0.3, 0.4) is 0 Å². The highest BCUT2D eigenvalue weighted by Gasteiger charge is 2.21. The minimum absolute atomic E-state index is 0.290. The smallest absolute Gasteiger partial charge is 0.238 e. The van der Waals surface area contributed by atoms with Crippen LogP contribution < -0.4 is 9.46 Å². The molecule has 1 aromatic heterocycles. The molecule has 0 amide bonds. The van der Waals surface area contributed by atoms with Gasteiger partial charge in [-0.25, -0.2) is 13.4 Å². The van der Waals surface area contributed by atoms with Crippen molar-refractivity contribution in [3.63, 3.8) is 0 Å². The molecule has 1 aliphatic heterocycles. The number of nitrogens with one attached hydrogen (secondary N) is 1. The third-order valence-corrected chi connectivity index (χ3v) is 4.31. The van der Waals surface area contributed by atoms with E-state index < -0.39 is 10.9 Å². The van der Waals surface area contributed by atoms with Gasteiger partial charge in [0, 0.05) is 37.4 Å². The van der Waals surface area contributed by atoms with Crippen molar-refractivity contribution < 1.29 is 17.9 Å². The van der Waals surface area contributed by atoms with Crippen LogP contribution in [0.2, 0.25) is 0 Å². The second-order valence-corrected chi connectivity index (χ2v) is 6.68. The molecular weight excluding hydrogens is 374 g/mol. The molecule has 2 rings (SSSR count). The van der Waals surface area contributed by atoms with E-state index in [-0.39, 0.29) is 0 Å². The number of hydrogen-bond donors (Lipinski definition) is 2. The van der Waals surface area contributed by atoms with Gasteiger partial charge in [-0.05, 0) is 34.8 Å². The van der Waals surface area contributed by atoms with E-state index in [4.69, 9.17) is 9.47 Å². The fraction of sp³-hybridized carbons (Fsp3) is 0.615. The molecule has 0 radical (unpaired) electrons. The third kappa shape index (κ3) is 5.38. The van der Waals surface area contributed by atoms with Gasteiger partial charge in [0.1, 0.15) is 5.69 Å². The summed E-state index contributed by atoms with van der Waals surface area (Å²) in [5.74, 6) is 0.290. The fourth-order valence-corrected chi connectivity index (χ4v) is 3.06. The average molecular weight is 394 g/mol. The van der Waals surface area contributed by atoms with Crippen LogP contribution in [0, 0.1) is 0 Å². The Morgan fingerprint density at radius 1 is 1.55 bits per heavy atom. The van der Waals surface area contributed by atoms with Crippen LogP contribution in [0.1, 0.15) is 12.8 Å². The normalized spacial score (nSPS) is 18.8. The molecule has 1 unspecified atom stereocenters.